The van der Waals surface area contributed by atoms with E-state index in [1.165, 1.54) is 4.90 Å². The van der Waals surface area contributed by atoms with E-state index in [4.69, 9.17) is 11.6 Å². The number of amides is 2. The van der Waals surface area contributed by atoms with Crippen LogP contribution in [0.2, 0.25) is 5.02 Å². The summed E-state index contributed by atoms with van der Waals surface area (Å²) >= 11 is 5.86. The molecule has 0 spiro atoms. The van der Waals surface area contributed by atoms with Crippen LogP contribution in [0.4, 0.5) is 16.3 Å². The van der Waals surface area contributed by atoms with Crippen LogP contribution in [0.3, 0.4) is 0 Å². The van der Waals surface area contributed by atoms with Crippen LogP contribution in [0, 0.1) is 6.92 Å². The Labute approximate surface area is 145 Å². The molecule has 1 N–H and O–H groups in total. The first-order chi connectivity index (χ1) is 11.5. The molecule has 0 bridgehead atoms. The van der Waals surface area contributed by atoms with Crippen LogP contribution in [-0.4, -0.2) is 22.9 Å². The highest BCUT2D eigenvalue weighted by Crippen LogP contribution is 2.21. The molecule has 3 aromatic rings. The molecule has 0 fully saturated rings. The van der Waals surface area contributed by atoms with Crippen molar-refractivity contribution in [2.24, 2.45) is 0 Å². The third-order valence-electron chi connectivity index (χ3n) is 3.56. The van der Waals surface area contributed by atoms with Gasteiger partial charge in [0.25, 0.3) is 0 Å². The van der Waals surface area contributed by atoms with Gasteiger partial charge in [0, 0.05) is 23.8 Å². The molecule has 6 heteroatoms. The van der Waals surface area contributed by atoms with E-state index in [0.29, 0.717) is 16.5 Å². The first-order valence-corrected chi connectivity index (χ1v) is 7.85. The third kappa shape index (κ3) is 3.41. The van der Waals surface area contributed by atoms with E-state index >= 15 is 0 Å². The van der Waals surface area contributed by atoms with Crippen molar-refractivity contribution in [3.05, 3.63) is 71.4 Å². The SMILES string of the molecule is Cc1cc(N(C)C(=O)Nc2ccc(Cl)cc2)n(-c2ccccc2)n1. The second kappa shape index (κ2) is 6.76. The van der Waals surface area contributed by atoms with E-state index in [9.17, 15) is 4.79 Å². The molecule has 3 rings (SSSR count). The minimum absolute atomic E-state index is 0.255. The van der Waals surface area contributed by atoms with Crippen molar-refractivity contribution in [2.75, 3.05) is 17.3 Å². The molecule has 0 radical (unpaired) electrons. The fourth-order valence-corrected chi connectivity index (χ4v) is 2.45. The number of carbonyl (C=O) groups excluding carboxylic acids is 1. The number of carbonyl (C=O) groups is 1. The standard InChI is InChI=1S/C18H17ClN4O/c1-13-12-17(23(21-13)16-6-4-3-5-7-16)22(2)18(24)20-15-10-8-14(19)9-11-15/h3-12H,1-2H3,(H,20,24). The number of hydrogen-bond acceptors (Lipinski definition) is 2. The van der Waals surface area contributed by atoms with E-state index in [2.05, 4.69) is 10.4 Å². The topological polar surface area (TPSA) is 50.2 Å². The van der Waals surface area contributed by atoms with Gasteiger partial charge in [0.1, 0.15) is 5.82 Å². The maximum atomic E-state index is 12.5. The average molecular weight is 341 g/mol. The van der Waals surface area contributed by atoms with Crippen molar-refractivity contribution < 1.29 is 4.79 Å². The molecule has 1 aromatic heterocycles. The molecule has 2 aromatic carbocycles. The van der Waals surface area contributed by atoms with Crippen LogP contribution in [-0.2, 0) is 0 Å². The number of aryl methyl sites for hydroxylation is 1. The van der Waals surface area contributed by atoms with Crippen molar-refractivity contribution in [3.63, 3.8) is 0 Å². The number of halogens is 1. The summed E-state index contributed by atoms with van der Waals surface area (Å²) < 4.78 is 1.75. The lowest BCUT2D eigenvalue weighted by molar-refractivity contribution is 0.258. The van der Waals surface area contributed by atoms with Crippen molar-refractivity contribution in [1.82, 2.24) is 9.78 Å². The summed E-state index contributed by atoms with van der Waals surface area (Å²) in [6.07, 6.45) is 0. The zero-order valence-electron chi connectivity index (χ0n) is 13.4. The molecular weight excluding hydrogens is 324 g/mol. The van der Waals surface area contributed by atoms with E-state index in [1.807, 2.05) is 43.3 Å². The van der Waals surface area contributed by atoms with Gasteiger partial charge in [-0.1, -0.05) is 29.8 Å². The molecule has 0 unspecified atom stereocenters. The minimum Gasteiger partial charge on any atom is -0.308 e. The van der Waals surface area contributed by atoms with Crippen LogP contribution in [0.5, 0.6) is 0 Å². The van der Waals surface area contributed by atoms with Crippen LogP contribution in [0.15, 0.2) is 60.7 Å². The summed E-state index contributed by atoms with van der Waals surface area (Å²) in [4.78, 5) is 14.1. The van der Waals surface area contributed by atoms with Gasteiger partial charge in [-0.3, -0.25) is 4.90 Å². The summed E-state index contributed by atoms with van der Waals surface area (Å²) in [6.45, 7) is 1.90. The van der Waals surface area contributed by atoms with Crippen LogP contribution >= 0.6 is 11.6 Å². The van der Waals surface area contributed by atoms with Crippen molar-refractivity contribution in [3.8, 4) is 5.69 Å². The van der Waals surface area contributed by atoms with Crippen LogP contribution in [0.1, 0.15) is 5.69 Å². The van der Waals surface area contributed by atoms with E-state index in [0.717, 1.165) is 11.4 Å². The van der Waals surface area contributed by atoms with Gasteiger partial charge in [0.2, 0.25) is 0 Å². The predicted octanol–water partition coefficient (Wildman–Crippen LogP) is 4.50. The van der Waals surface area contributed by atoms with Crippen molar-refractivity contribution in [2.45, 2.75) is 6.92 Å². The Morgan fingerprint density at radius 1 is 1.12 bits per heavy atom. The van der Waals surface area contributed by atoms with E-state index in [-0.39, 0.29) is 6.03 Å². The summed E-state index contributed by atoms with van der Waals surface area (Å²) in [6, 6.07) is 18.3. The number of nitrogens with one attached hydrogen (secondary N) is 1. The normalized spacial score (nSPS) is 10.5. The summed E-state index contributed by atoms with van der Waals surface area (Å²) in [5.41, 5.74) is 2.41. The van der Waals surface area contributed by atoms with Gasteiger partial charge in [0.15, 0.2) is 0 Å². The van der Waals surface area contributed by atoms with Gasteiger partial charge in [-0.15, -0.1) is 0 Å². The molecule has 5 nitrogen and oxygen atoms in total. The lowest BCUT2D eigenvalue weighted by atomic mass is 10.3. The molecular formula is C18H17ClN4O. The van der Waals surface area contributed by atoms with Crippen LogP contribution in [0.25, 0.3) is 5.69 Å². The zero-order valence-corrected chi connectivity index (χ0v) is 14.2. The molecule has 0 aliphatic heterocycles. The molecule has 122 valence electrons. The fraction of sp³-hybridized carbons (Fsp3) is 0.111. The Morgan fingerprint density at radius 3 is 2.46 bits per heavy atom. The quantitative estimate of drug-likeness (QED) is 0.763. The molecule has 0 saturated heterocycles. The van der Waals surface area contributed by atoms with Gasteiger partial charge < -0.3 is 5.32 Å². The van der Waals surface area contributed by atoms with Crippen molar-refractivity contribution >= 4 is 29.1 Å². The number of benzene rings is 2. The van der Waals surface area contributed by atoms with E-state index in [1.54, 1.807) is 36.0 Å². The maximum Gasteiger partial charge on any atom is 0.327 e. The highest BCUT2D eigenvalue weighted by atomic mass is 35.5. The molecule has 24 heavy (non-hydrogen) atoms. The molecule has 0 saturated carbocycles. The lowest BCUT2D eigenvalue weighted by Gasteiger charge is -2.19. The molecule has 2 amide bonds. The number of rotatable bonds is 3. The van der Waals surface area contributed by atoms with Gasteiger partial charge in [-0.25, -0.2) is 9.48 Å². The smallest absolute Gasteiger partial charge is 0.308 e. The highest BCUT2D eigenvalue weighted by Gasteiger charge is 2.17. The Balaban J connectivity index is 1.86. The highest BCUT2D eigenvalue weighted by molar-refractivity contribution is 6.30. The van der Waals surface area contributed by atoms with Gasteiger partial charge in [0.05, 0.1) is 11.4 Å². The second-order valence-electron chi connectivity index (χ2n) is 5.39. The van der Waals surface area contributed by atoms with Crippen molar-refractivity contribution in [1.29, 1.82) is 0 Å². The molecule has 0 aliphatic carbocycles. The van der Waals surface area contributed by atoms with Gasteiger partial charge >= 0.3 is 6.03 Å². The first-order valence-electron chi connectivity index (χ1n) is 7.47. The molecule has 0 aliphatic rings. The molecule has 1 heterocycles. The lowest BCUT2D eigenvalue weighted by Crippen LogP contribution is -2.32. The number of urea groups is 1. The zero-order chi connectivity index (χ0) is 17.1. The summed E-state index contributed by atoms with van der Waals surface area (Å²) in [5.74, 6) is 0.685. The number of para-hydroxylation sites is 1. The second-order valence-corrected chi connectivity index (χ2v) is 5.82. The fourth-order valence-electron chi connectivity index (χ4n) is 2.33. The largest absolute Gasteiger partial charge is 0.327 e. The Kier molecular flexibility index (Phi) is 4.53. The molecule has 0 atom stereocenters. The number of hydrogen-bond donors (Lipinski definition) is 1. The maximum absolute atomic E-state index is 12.5. The number of nitrogens with zero attached hydrogens (tertiary/aromatic N) is 3. The Bertz CT molecular complexity index is 843. The van der Waals surface area contributed by atoms with E-state index < -0.39 is 0 Å². The summed E-state index contributed by atoms with van der Waals surface area (Å²) in [7, 11) is 1.71. The predicted molar refractivity (Wildman–Crippen MR) is 97.2 cm³/mol. The Morgan fingerprint density at radius 2 is 1.79 bits per heavy atom. The van der Waals surface area contributed by atoms with Gasteiger partial charge in [-0.05, 0) is 43.3 Å². The number of anilines is 2. The third-order valence-corrected chi connectivity index (χ3v) is 3.81. The van der Waals surface area contributed by atoms with Crippen LogP contribution < -0.4 is 10.2 Å². The first kappa shape index (κ1) is 16.1. The summed E-state index contributed by atoms with van der Waals surface area (Å²) in [5, 5.41) is 7.95. The minimum atomic E-state index is -0.255. The Hall–Kier alpha value is -2.79. The monoisotopic (exact) mass is 340 g/mol. The van der Waals surface area contributed by atoms with Gasteiger partial charge in [-0.2, -0.15) is 5.10 Å². The number of aromatic nitrogens is 2. The average Bonchev–Trinajstić information content (AvgIpc) is 2.99.